The molecule has 1 aliphatic heterocycles. The highest BCUT2D eigenvalue weighted by atomic mass is 16.5. The van der Waals surface area contributed by atoms with E-state index in [0.29, 0.717) is 41.4 Å². The Kier molecular flexibility index (Phi) is 5.29. The van der Waals surface area contributed by atoms with Gasteiger partial charge in [-0.2, -0.15) is 10.4 Å². The number of ether oxygens (including phenoxy) is 2. The first-order chi connectivity index (χ1) is 14.2. The number of pyridine rings is 1. The van der Waals surface area contributed by atoms with Crippen LogP contribution in [0, 0.1) is 17.2 Å². The minimum Gasteiger partial charge on any atom is -0.493 e. The van der Waals surface area contributed by atoms with Crippen molar-refractivity contribution < 1.29 is 14.3 Å². The van der Waals surface area contributed by atoms with Crippen molar-refractivity contribution in [3.63, 3.8) is 0 Å². The number of hydrogen-bond acceptors (Lipinski definition) is 6. The van der Waals surface area contributed by atoms with Crippen LogP contribution in [0.5, 0.6) is 11.5 Å². The second-order valence-electron chi connectivity index (χ2n) is 7.03. The average molecular weight is 391 g/mol. The van der Waals surface area contributed by atoms with E-state index in [1.54, 1.807) is 48.2 Å². The van der Waals surface area contributed by atoms with Crippen LogP contribution in [0.3, 0.4) is 0 Å². The molecule has 1 aromatic carbocycles. The minimum atomic E-state index is -0.00356. The maximum atomic E-state index is 12.9. The largest absolute Gasteiger partial charge is 0.493 e. The highest BCUT2D eigenvalue weighted by Crippen LogP contribution is 2.29. The molecule has 0 spiro atoms. The molecule has 0 bridgehead atoms. The molecule has 1 atom stereocenters. The van der Waals surface area contributed by atoms with E-state index in [1.165, 1.54) is 6.33 Å². The number of amides is 1. The number of rotatable bonds is 5. The number of nitrogens with zero attached hydrogens (tertiary/aromatic N) is 5. The number of nitriles is 1. The van der Waals surface area contributed by atoms with Gasteiger partial charge in [0.05, 0.1) is 25.3 Å². The highest BCUT2D eigenvalue weighted by molar-refractivity contribution is 5.95. The van der Waals surface area contributed by atoms with Gasteiger partial charge in [-0.25, -0.2) is 9.50 Å². The lowest BCUT2D eigenvalue weighted by molar-refractivity contribution is 0.0632. The summed E-state index contributed by atoms with van der Waals surface area (Å²) in [6.07, 6.45) is 5.13. The Balaban J connectivity index is 1.40. The molecule has 1 fully saturated rings. The second kappa shape index (κ2) is 8.19. The first-order valence-corrected chi connectivity index (χ1v) is 9.47. The fourth-order valence-corrected chi connectivity index (χ4v) is 3.58. The van der Waals surface area contributed by atoms with Gasteiger partial charge >= 0.3 is 0 Å². The quantitative estimate of drug-likeness (QED) is 0.664. The normalized spacial score (nSPS) is 16.4. The van der Waals surface area contributed by atoms with Gasteiger partial charge in [0.2, 0.25) is 0 Å². The van der Waals surface area contributed by atoms with E-state index < -0.39 is 0 Å². The first kappa shape index (κ1) is 18.7. The Morgan fingerprint density at radius 1 is 1.31 bits per heavy atom. The molecule has 1 unspecified atom stereocenters. The lowest BCUT2D eigenvalue weighted by Crippen LogP contribution is -2.41. The molecule has 1 amide bonds. The van der Waals surface area contributed by atoms with Crippen molar-refractivity contribution in [2.75, 3.05) is 26.8 Å². The predicted octanol–water partition coefficient (Wildman–Crippen LogP) is 2.54. The molecule has 1 saturated heterocycles. The summed E-state index contributed by atoms with van der Waals surface area (Å²) in [5.74, 6) is 1.36. The van der Waals surface area contributed by atoms with Gasteiger partial charge in [0.15, 0.2) is 17.1 Å². The molecular weight excluding hydrogens is 370 g/mol. The number of carbonyl (C=O) groups is 1. The molecule has 0 radical (unpaired) electrons. The Labute approximate surface area is 168 Å². The predicted molar refractivity (Wildman–Crippen MR) is 105 cm³/mol. The van der Waals surface area contributed by atoms with Crippen LogP contribution in [0.2, 0.25) is 0 Å². The summed E-state index contributed by atoms with van der Waals surface area (Å²) in [6.45, 7) is 1.85. The van der Waals surface area contributed by atoms with Crippen LogP contribution < -0.4 is 9.47 Å². The van der Waals surface area contributed by atoms with Gasteiger partial charge in [-0.15, -0.1) is 0 Å². The summed E-state index contributed by atoms with van der Waals surface area (Å²) in [7, 11) is 1.55. The van der Waals surface area contributed by atoms with E-state index in [9.17, 15) is 4.79 Å². The summed E-state index contributed by atoms with van der Waals surface area (Å²) in [5.41, 5.74) is 1.79. The van der Waals surface area contributed by atoms with Crippen LogP contribution in [0.1, 0.15) is 28.8 Å². The van der Waals surface area contributed by atoms with Crippen molar-refractivity contribution in [3.05, 3.63) is 54.0 Å². The Morgan fingerprint density at radius 3 is 3.03 bits per heavy atom. The molecule has 8 heteroatoms. The van der Waals surface area contributed by atoms with E-state index in [4.69, 9.17) is 14.7 Å². The van der Waals surface area contributed by atoms with Crippen LogP contribution in [-0.4, -0.2) is 52.2 Å². The summed E-state index contributed by atoms with van der Waals surface area (Å²) >= 11 is 0. The van der Waals surface area contributed by atoms with Gasteiger partial charge in [-0.3, -0.25) is 4.79 Å². The lowest BCUT2D eigenvalue weighted by atomic mass is 9.98. The van der Waals surface area contributed by atoms with Crippen molar-refractivity contribution >= 4 is 11.6 Å². The Hall–Kier alpha value is -3.60. The van der Waals surface area contributed by atoms with Crippen LogP contribution >= 0.6 is 0 Å². The minimum absolute atomic E-state index is 0.00356. The monoisotopic (exact) mass is 391 g/mol. The third kappa shape index (κ3) is 3.99. The van der Waals surface area contributed by atoms with Gasteiger partial charge in [-0.05, 0) is 37.1 Å². The molecule has 148 valence electrons. The SMILES string of the molecule is COc1cc(C#N)ccc1OCC1CCCN(C(=O)c2ccn3ncnc3c2)C1. The number of aromatic nitrogens is 3. The maximum Gasteiger partial charge on any atom is 0.254 e. The number of hydrogen-bond donors (Lipinski definition) is 0. The third-order valence-corrected chi connectivity index (χ3v) is 5.10. The highest BCUT2D eigenvalue weighted by Gasteiger charge is 2.25. The fourth-order valence-electron chi connectivity index (χ4n) is 3.58. The van der Waals surface area contributed by atoms with Gasteiger partial charge in [-0.1, -0.05) is 0 Å². The van der Waals surface area contributed by atoms with Gasteiger partial charge < -0.3 is 14.4 Å². The number of piperidine rings is 1. The van der Waals surface area contributed by atoms with E-state index in [-0.39, 0.29) is 11.8 Å². The third-order valence-electron chi connectivity index (χ3n) is 5.10. The van der Waals surface area contributed by atoms with Crippen molar-refractivity contribution in [3.8, 4) is 17.6 Å². The number of likely N-dealkylation sites (tertiary alicyclic amines) is 1. The average Bonchev–Trinajstić information content (AvgIpc) is 3.25. The molecule has 0 N–H and O–H groups in total. The summed E-state index contributed by atoms with van der Waals surface area (Å²) in [5, 5.41) is 13.1. The number of methoxy groups -OCH3 is 1. The molecule has 29 heavy (non-hydrogen) atoms. The number of benzene rings is 1. The number of fused-ring (bicyclic) bond motifs is 1. The molecule has 4 rings (SSSR count). The maximum absolute atomic E-state index is 12.9. The number of carbonyl (C=O) groups excluding carboxylic acids is 1. The van der Waals surface area contributed by atoms with Crippen molar-refractivity contribution in [2.45, 2.75) is 12.8 Å². The van der Waals surface area contributed by atoms with Crippen molar-refractivity contribution in [2.24, 2.45) is 5.92 Å². The van der Waals surface area contributed by atoms with E-state index >= 15 is 0 Å². The molecular formula is C21H21N5O3. The fraction of sp³-hybridized carbons (Fsp3) is 0.333. The first-order valence-electron chi connectivity index (χ1n) is 9.47. The molecule has 3 aromatic rings. The topological polar surface area (TPSA) is 92.8 Å². The Bertz CT molecular complexity index is 1070. The zero-order valence-electron chi connectivity index (χ0n) is 16.1. The molecule has 0 aliphatic carbocycles. The van der Waals surface area contributed by atoms with Crippen LogP contribution in [0.4, 0.5) is 0 Å². The van der Waals surface area contributed by atoms with Crippen LogP contribution in [0.25, 0.3) is 5.65 Å². The summed E-state index contributed by atoms with van der Waals surface area (Å²) in [4.78, 5) is 18.9. The van der Waals surface area contributed by atoms with Crippen LogP contribution in [0.15, 0.2) is 42.9 Å². The van der Waals surface area contributed by atoms with Crippen molar-refractivity contribution in [1.29, 1.82) is 5.26 Å². The molecule has 3 heterocycles. The zero-order chi connectivity index (χ0) is 20.2. The van der Waals surface area contributed by atoms with Gasteiger partial charge in [0, 0.05) is 36.8 Å². The van der Waals surface area contributed by atoms with Crippen LogP contribution in [-0.2, 0) is 0 Å². The standard InChI is InChI=1S/C21H21N5O3/c1-28-19-9-15(11-22)4-5-18(19)29-13-16-3-2-7-25(12-16)21(27)17-6-8-26-20(10-17)23-14-24-26/h4-6,8-10,14,16H,2-3,7,12-13H2,1H3. The van der Waals surface area contributed by atoms with E-state index in [2.05, 4.69) is 16.2 Å². The molecule has 1 aliphatic rings. The van der Waals surface area contributed by atoms with E-state index in [0.717, 1.165) is 19.4 Å². The molecule has 0 saturated carbocycles. The molecule has 2 aromatic heterocycles. The van der Waals surface area contributed by atoms with Gasteiger partial charge in [0.25, 0.3) is 5.91 Å². The smallest absolute Gasteiger partial charge is 0.254 e. The van der Waals surface area contributed by atoms with Crippen molar-refractivity contribution in [1.82, 2.24) is 19.5 Å². The lowest BCUT2D eigenvalue weighted by Gasteiger charge is -2.32. The zero-order valence-corrected chi connectivity index (χ0v) is 16.1. The summed E-state index contributed by atoms with van der Waals surface area (Å²) < 4.78 is 12.9. The second-order valence-corrected chi connectivity index (χ2v) is 7.03. The van der Waals surface area contributed by atoms with Gasteiger partial charge in [0.1, 0.15) is 6.33 Å². The molecule has 8 nitrogen and oxygen atoms in total. The van der Waals surface area contributed by atoms with E-state index in [1.807, 2.05) is 4.90 Å². The summed E-state index contributed by atoms with van der Waals surface area (Å²) in [6, 6.07) is 10.7. The Morgan fingerprint density at radius 2 is 2.21 bits per heavy atom.